The smallest absolute Gasteiger partial charge is 0.134 e. The van der Waals surface area contributed by atoms with Crippen LogP contribution >= 0.6 is 11.6 Å². The fraction of sp³-hybridized carbons (Fsp3) is 0.714. The number of hydrogen-bond donors (Lipinski definition) is 0. The minimum absolute atomic E-state index is 0.536. The zero-order valence-electron chi connectivity index (χ0n) is 11.5. The molecule has 2 heterocycles. The first-order chi connectivity index (χ1) is 8.60. The lowest BCUT2D eigenvalue weighted by Crippen LogP contribution is -2.40. The predicted molar refractivity (Wildman–Crippen MR) is 76.2 cm³/mol. The number of anilines is 1. The first-order valence-corrected chi connectivity index (χ1v) is 7.28. The van der Waals surface area contributed by atoms with Crippen molar-refractivity contribution < 1.29 is 0 Å². The first kappa shape index (κ1) is 13.6. The molecule has 1 aromatic rings. The van der Waals surface area contributed by atoms with Gasteiger partial charge < -0.3 is 4.90 Å². The van der Waals surface area contributed by atoms with Crippen LogP contribution in [0.15, 0.2) is 6.07 Å². The van der Waals surface area contributed by atoms with Crippen LogP contribution in [-0.2, 0) is 6.42 Å². The highest BCUT2D eigenvalue weighted by Gasteiger charge is 2.24. The minimum Gasteiger partial charge on any atom is -0.354 e. The van der Waals surface area contributed by atoms with Crippen molar-refractivity contribution >= 4 is 17.4 Å². The summed E-state index contributed by atoms with van der Waals surface area (Å²) in [5.74, 6) is 2.67. The van der Waals surface area contributed by atoms with Crippen LogP contribution in [0.4, 0.5) is 5.82 Å². The number of rotatable bonds is 3. The van der Waals surface area contributed by atoms with Gasteiger partial charge in [-0.3, -0.25) is 0 Å². The molecular formula is C14H22ClN3. The van der Waals surface area contributed by atoms with Gasteiger partial charge in [-0.15, -0.1) is 0 Å². The maximum atomic E-state index is 6.10. The maximum Gasteiger partial charge on any atom is 0.134 e. The monoisotopic (exact) mass is 267 g/mol. The molecule has 2 rings (SSSR count). The highest BCUT2D eigenvalue weighted by molar-refractivity contribution is 6.29. The molecule has 2 atom stereocenters. The number of nitrogens with zero attached hydrogens (tertiary/aromatic N) is 3. The average molecular weight is 268 g/mol. The van der Waals surface area contributed by atoms with Gasteiger partial charge in [0.05, 0.1) is 0 Å². The molecule has 100 valence electrons. The highest BCUT2D eigenvalue weighted by Crippen LogP contribution is 2.27. The Balaban J connectivity index is 2.21. The molecule has 0 amide bonds. The van der Waals surface area contributed by atoms with E-state index in [1.54, 1.807) is 0 Å². The average Bonchev–Trinajstić information content (AvgIpc) is 2.28. The summed E-state index contributed by atoms with van der Waals surface area (Å²) in [7, 11) is 0. The van der Waals surface area contributed by atoms with Crippen LogP contribution in [0.1, 0.15) is 45.9 Å². The summed E-state index contributed by atoms with van der Waals surface area (Å²) in [5, 5.41) is 0.564. The molecule has 0 saturated carbocycles. The normalized spacial score (nSPS) is 24.3. The molecule has 3 nitrogen and oxygen atoms in total. The predicted octanol–water partition coefficient (Wildman–Crippen LogP) is 3.71. The van der Waals surface area contributed by atoms with Crippen LogP contribution in [0.3, 0.4) is 0 Å². The van der Waals surface area contributed by atoms with E-state index in [0.29, 0.717) is 11.2 Å². The summed E-state index contributed by atoms with van der Waals surface area (Å²) in [6.45, 7) is 7.80. The third kappa shape index (κ3) is 3.14. The molecule has 0 aliphatic carbocycles. The van der Waals surface area contributed by atoms with Gasteiger partial charge in [0.2, 0.25) is 0 Å². The largest absolute Gasteiger partial charge is 0.354 e. The summed E-state index contributed by atoms with van der Waals surface area (Å²) in [6.07, 6.45) is 4.40. The summed E-state index contributed by atoms with van der Waals surface area (Å²) < 4.78 is 0. The van der Waals surface area contributed by atoms with E-state index in [1.165, 1.54) is 12.8 Å². The third-order valence-electron chi connectivity index (χ3n) is 3.63. The van der Waals surface area contributed by atoms with Crippen molar-refractivity contribution in [3.8, 4) is 0 Å². The number of halogens is 1. The summed E-state index contributed by atoms with van der Waals surface area (Å²) in [4.78, 5) is 11.3. The van der Waals surface area contributed by atoms with Gasteiger partial charge in [-0.25, -0.2) is 9.97 Å². The highest BCUT2D eigenvalue weighted by atomic mass is 35.5. The van der Waals surface area contributed by atoms with Gasteiger partial charge in [0, 0.05) is 25.1 Å². The molecule has 0 aromatic carbocycles. The molecule has 1 aliphatic heterocycles. The topological polar surface area (TPSA) is 29.0 Å². The molecule has 0 radical (unpaired) electrons. The summed E-state index contributed by atoms with van der Waals surface area (Å²) >= 11 is 6.10. The fourth-order valence-electron chi connectivity index (χ4n) is 2.68. The quantitative estimate of drug-likeness (QED) is 0.782. The summed E-state index contributed by atoms with van der Waals surface area (Å²) in [6, 6.07) is 2.43. The first-order valence-electron chi connectivity index (χ1n) is 6.90. The molecule has 1 aromatic heterocycles. The number of piperidine rings is 1. The second-order valence-electron chi connectivity index (χ2n) is 5.39. The Morgan fingerprint density at radius 2 is 2.17 bits per heavy atom. The van der Waals surface area contributed by atoms with Gasteiger partial charge >= 0.3 is 0 Å². The van der Waals surface area contributed by atoms with Crippen LogP contribution in [-0.4, -0.2) is 22.6 Å². The molecule has 1 saturated heterocycles. The van der Waals surface area contributed by atoms with E-state index in [2.05, 4.69) is 35.6 Å². The zero-order valence-corrected chi connectivity index (χ0v) is 12.2. The van der Waals surface area contributed by atoms with Gasteiger partial charge in [0.1, 0.15) is 16.8 Å². The van der Waals surface area contributed by atoms with Crippen molar-refractivity contribution in [2.75, 3.05) is 11.4 Å². The second-order valence-corrected chi connectivity index (χ2v) is 5.77. The van der Waals surface area contributed by atoms with Crippen molar-refractivity contribution in [3.05, 3.63) is 17.0 Å². The Bertz CT molecular complexity index is 408. The zero-order chi connectivity index (χ0) is 13.1. The van der Waals surface area contributed by atoms with E-state index in [-0.39, 0.29) is 0 Å². The Morgan fingerprint density at radius 3 is 2.83 bits per heavy atom. The Morgan fingerprint density at radius 1 is 1.39 bits per heavy atom. The van der Waals surface area contributed by atoms with Crippen LogP contribution < -0.4 is 4.90 Å². The molecule has 0 spiro atoms. The van der Waals surface area contributed by atoms with E-state index in [1.807, 2.05) is 6.07 Å². The lowest BCUT2D eigenvalue weighted by molar-refractivity contribution is 0.375. The van der Waals surface area contributed by atoms with E-state index >= 15 is 0 Å². The molecule has 0 bridgehead atoms. The number of aromatic nitrogens is 2. The Hall–Kier alpha value is -0.830. The molecule has 4 heteroatoms. The second kappa shape index (κ2) is 5.87. The molecule has 18 heavy (non-hydrogen) atoms. The molecule has 1 aliphatic rings. The van der Waals surface area contributed by atoms with Gasteiger partial charge in [-0.2, -0.15) is 0 Å². The van der Waals surface area contributed by atoms with Gasteiger partial charge in [0.25, 0.3) is 0 Å². The molecular weight excluding hydrogens is 246 g/mol. The van der Waals surface area contributed by atoms with Crippen molar-refractivity contribution in [3.63, 3.8) is 0 Å². The van der Waals surface area contributed by atoms with E-state index in [0.717, 1.165) is 36.9 Å². The maximum absolute atomic E-state index is 6.10. The lowest BCUT2D eigenvalue weighted by Gasteiger charge is -2.37. The minimum atomic E-state index is 0.536. The Kier molecular flexibility index (Phi) is 4.44. The van der Waals surface area contributed by atoms with E-state index in [4.69, 9.17) is 11.6 Å². The molecule has 1 fully saturated rings. The van der Waals surface area contributed by atoms with E-state index < -0.39 is 0 Å². The van der Waals surface area contributed by atoms with Gasteiger partial charge in [0.15, 0.2) is 0 Å². The Labute approximate surface area is 115 Å². The van der Waals surface area contributed by atoms with Crippen molar-refractivity contribution in [1.29, 1.82) is 0 Å². The van der Waals surface area contributed by atoms with Crippen molar-refractivity contribution in [2.24, 2.45) is 5.92 Å². The van der Waals surface area contributed by atoms with Crippen LogP contribution in [0.25, 0.3) is 0 Å². The lowest BCUT2D eigenvalue weighted by atomic mass is 9.93. The SMILES string of the molecule is CCCc1nc(Cl)cc(N2CCC(C)CC2C)n1. The van der Waals surface area contributed by atoms with Crippen LogP contribution in [0, 0.1) is 5.92 Å². The van der Waals surface area contributed by atoms with Gasteiger partial charge in [-0.1, -0.05) is 25.4 Å². The standard InChI is InChI=1S/C14H22ClN3/c1-4-5-13-16-12(15)9-14(17-13)18-7-6-10(2)8-11(18)3/h9-11H,4-8H2,1-3H3. The van der Waals surface area contributed by atoms with Gasteiger partial charge in [-0.05, 0) is 32.1 Å². The van der Waals surface area contributed by atoms with Crippen molar-refractivity contribution in [1.82, 2.24) is 9.97 Å². The number of aryl methyl sites for hydroxylation is 1. The fourth-order valence-corrected chi connectivity index (χ4v) is 2.88. The molecule has 0 N–H and O–H groups in total. The van der Waals surface area contributed by atoms with E-state index in [9.17, 15) is 0 Å². The summed E-state index contributed by atoms with van der Waals surface area (Å²) in [5.41, 5.74) is 0. The third-order valence-corrected chi connectivity index (χ3v) is 3.83. The molecule has 2 unspecified atom stereocenters. The van der Waals surface area contributed by atoms with Crippen molar-refractivity contribution in [2.45, 2.75) is 52.5 Å². The van der Waals surface area contributed by atoms with Crippen LogP contribution in [0.2, 0.25) is 5.15 Å². The van der Waals surface area contributed by atoms with Crippen LogP contribution in [0.5, 0.6) is 0 Å². The number of hydrogen-bond acceptors (Lipinski definition) is 3.